The van der Waals surface area contributed by atoms with Gasteiger partial charge < -0.3 is 9.64 Å². The summed E-state index contributed by atoms with van der Waals surface area (Å²) >= 11 is 3.15. The van der Waals surface area contributed by atoms with Crippen LogP contribution in [0.1, 0.15) is 23.8 Å². The molecule has 1 amide bonds. The van der Waals surface area contributed by atoms with Gasteiger partial charge in [-0.3, -0.25) is 9.36 Å². The van der Waals surface area contributed by atoms with E-state index >= 15 is 0 Å². The third-order valence-electron chi connectivity index (χ3n) is 5.61. The molecule has 2 aromatic carbocycles. The SMILES string of the molecule is COc1cccc(-n2cnnc2SCC(=O)N2CCCC(c3nc4ccccc4s3)C2)c1. The predicted molar refractivity (Wildman–Crippen MR) is 127 cm³/mol. The van der Waals surface area contributed by atoms with Crippen molar-refractivity contribution in [3.63, 3.8) is 0 Å². The smallest absolute Gasteiger partial charge is 0.233 e. The number of hydrogen-bond donors (Lipinski definition) is 0. The summed E-state index contributed by atoms with van der Waals surface area (Å²) in [6.07, 6.45) is 3.73. The van der Waals surface area contributed by atoms with Crippen molar-refractivity contribution < 1.29 is 9.53 Å². The van der Waals surface area contributed by atoms with Crippen LogP contribution >= 0.6 is 23.1 Å². The van der Waals surface area contributed by atoms with Crippen molar-refractivity contribution in [2.45, 2.75) is 23.9 Å². The van der Waals surface area contributed by atoms with Gasteiger partial charge in [-0.25, -0.2) is 4.98 Å². The van der Waals surface area contributed by atoms with Gasteiger partial charge in [0.15, 0.2) is 5.16 Å². The number of fused-ring (bicyclic) bond motifs is 1. The lowest BCUT2D eigenvalue weighted by Crippen LogP contribution is -2.40. The molecule has 0 saturated carbocycles. The molecule has 2 aromatic heterocycles. The first-order valence-electron chi connectivity index (χ1n) is 10.5. The van der Waals surface area contributed by atoms with Crippen molar-refractivity contribution >= 4 is 39.2 Å². The van der Waals surface area contributed by atoms with Gasteiger partial charge in [-0.15, -0.1) is 21.5 Å². The maximum Gasteiger partial charge on any atom is 0.233 e. The monoisotopic (exact) mass is 465 g/mol. The zero-order valence-corrected chi connectivity index (χ0v) is 19.3. The summed E-state index contributed by atoms with van der Waals surface area (Å²) in [4.78, 5) is 19.8. The number of methoxy groups -OCH3 is 1. The molecular formula is C23H23N5O2S2. The summed E-state index contributed by atoms with van der Waals surface area (Å²) in [5.41, 5.74) is 1.95. The van der Waals surface area contributed by atoms with Crippen LogP contribution in [0.25, 0.3) is 15.9 Å². The molecule has 5 rings (SSSR count). The van der Waals surface area contributed by atoms with Gasteiger partial charge in [-0.1, -0.05) is 30.0 Å². The number of thiazole rings is 1. The minimum Gasteiger partial charge on any atom is -0.497 e. The fraction of sp³-hybridized carbons (Fsp3) is 0.304. The van der Waals surface area contributed by atoms with Gasteiger partial charge in [0.05, 0.1) is 33.8 Å². The highest BCUT2D eigenvalue weighted by Crippen LogP contribution is 2.33. The maximum absolute atomic E-state index is 13.0. The Bertz CT molecular complexity index is 1200. The molecule has 3 heterocycles. The minimum absolute atomic E-state index is 0.126. The van der Waals surface area contributed by atoms with E-state index in [2.05, 4.69) is 22.3 Å². The predicted octanol–water partition coefficient (Wildman–Crippen LogP) is 4.38. The Morgan fingerprint density at radius 2 is 2.16 bits per heavy atom. The van der Waals surface area contributed by atoms with E-state index in [0.29, 0.717) is 16.8 Å². The van der Waals surface area contributed by atoms with Gasteiger partial charge in [0.2, 0.25) is 5.91 Å². The fourth-order valence-corrected chi connectivity index (χ4v) is 5.87. The number of carbonyl (C=O) groups excluding carboxylic acids is 1. The van der Waals surface area contributed by atoms with Gasteiger partial charge in [0, 0.05) is 25.1 Å². The molecule has 32 heavy (non-hydrogen) atoms. The van der Waals surface area contributed by atoms with Gasteiger partial charge in [-0.05, 0) is 37.1 Å². The maximum atomic E-state index is 13.0. The summed E-state index contributed by atoms with van der Waals surface area (Å²) in [6, 6.07) is 15.9. The van der Waals surface area contributed by atoms with Gasteiger partial charge in [0.1, 0.15) is 12.1 Å². The van der Waals surface area contributed by atoms with Crippen LogP contribution in [0.5, 0.6) is 5.75 Å². The Morgan fingerprint density at radius 1 is 1.25 bits per heavy atom. The number of nitrogens with zero attached hydrogens (tertiary/aromatic N) is 5. The molecule has 7 nitrogen and oxygen atoms in total. The molecule has 1 saturated heterocycles. The number of aromatic nitrogens is 4. The number of carbonyl (C=O) groups is 1. The average Bonchev–Trinajstić information content (AvgIpc) is 3.49. The second-order valence-electron chi connectivity index (χ2n) is 7.67. The van der Waals surface area contributed by atoms with Gasteiger partial charge in [0.25, 0.3) is 0 Å². The van der Waals surface area contributed by atoms with Gasteiger partial charge >= 0.3 is 0 Å². The van der Waals surface area contributed by atoms with E-state index in [1.54, 1.807) is 24.8 Å². The van der Waals surface area contributed by atoms with Crippen LogP contribution in [0.2, 0.25) is 0 Å². The Morgan fingerprint density at radius 3 is 3.03 bits per heavy atom. The molecule has 4 aromatic rings. The number of thioether (sulfide) groups is 1. The summed E-state index contributed by atoms with van der Waals surface area (Å²) in [7, 11) is 1.64. The molecule has 1 fully saturated rings. The molecule has 0 N–H and O–H groups in total. The highest BCUT2D eigenvalue weighted by molar-refractivity contribution is 7.99. The van der Waals surface area contributed by atoms with Gasteiger partial charge in [-0.2, -0.15) is 0 Å². The Balaban J connectivity index is 1.24. The summed E-state index contributed by atoms with van der Waals surface area (Å²) in [5, 5.41) is 10.1. The van der Waals surface area contributed by atoms with Crippen LogP contribution in [0, 0.1) is 0 Å². The van der Waals surface area contributed by atoms with Crippen molar-refractivity contribution in [3.8, 4) is 11.4 Å². The van der Waals surface area contributed by atoms with Crippen molar-refractivity contribution in [1.29, 1.82) is 0 Å². The Labute approximate surface area is 194 Å². The second kappa shape index (κ2) is 9.30. The first-order valence-corrected chi connectivity index (χ1v) is 12.3. The van der Waals surface area contributed by atoms with Crippen molar-refractivity contribution in [2.75, 3.05) is 26.0 Å². The zero-order valence-electron chi connectivity index (χ0n) is 17.7. The van der Waals surface area contributed by atoms with Crippen molar-refractivity contribution in [1.82, 2.24) is 24.6 Å². The molecule has 0 aliphatic carbocycles. The third kappa shape index (κ3) is 4.35. The van der Waals surface area contributed by atoms with Crippen LogP contribution in [0.4, 0.5) is 0 Å². The lowest BCUT2D eigenvalue weighted by molar-refractivity contribution is -0.129. The van der Waals surface area contributed by atoms with Crippen LogP contribution in [-0.2, 0) is 4.79 Å². The molecule has 1 unspecified atom stereocenters. The van der Waals surface area contributed by atoms with E-state index in [1.165, 1.54) is 16.5 Å². The standard InChI is InChI=1S/C23H23N5O2S2/c1-30-18-8-4-7-17(12-18)28-15-24-26-23(28)31-14-21(29)27-11-5-6-16(13-27)22-25-19-9-2-3-10-20(19)32-22/h2-4,7-10,12,15-16H,5-6,11,13-14H2,1H3. The van der Waals surface area contributed by atoms with Crippen LogP contribution < -0.4 is 4.74 Å². The normalized spacial score (nSPS) is 16.4. The summed E-state index contributed by atoms with van der Waals surface area (Å²) in [5.74, 6) is 1.52. The summed E-state index contributed by atoms with van der Waals surface area (Å²) < 4.78 is 8.39. The summed E-state index contributed by atoms with van der Waals surface area (Å²) in [6.45, 7) is 1.52. The largest absolute Gasteiger partial charge is 0.497 e. The van der Waals surface area contributed by atoms with E-state index in [9.17, 15) is 4.79 Å². The molecule has 1 aliphatic heterocycles. The van der Waals surface area contributed by atoms with Crippen molar-refractivity contribution in [3.05, 3.63) is 59.9 Å². The van der Waals surface area contributed by atoms with Crippen LogP contribution in [-0.4, -0.2) is 56.5 Å². The number of hydrogen-bond acceptors (Lipinski definition) is 7. The Hall–Kier alpha value is -2.91. The molecule has 0 radical (unpaired) electrons. The first-order chi connectivity index (χ1) is 15.7. The lowest BCUT2D eigenvalue weighted by Gasteiger charge is -2.31. The lowest BCUT2D eigenvalue weighted by atomic mass is 9.99. The van der Waals surface area contributed by atoms with E-state index in [4.69, 9.17) is 9.72 Å². The molecule has 1 atom stereocenters. The average molecular weight is 466 g/mol. The highest BCUT2D eigenvalue weighted by Gasteiger charge is 2.27. The van der Waals surface area contributed by atoms with Crippen molar-refractivity contribution in [2.24, 2.45) is 0 Å². The molecule has 9 heteroatoms. The van der Waals surface area contributed by atoms with Crippen LogP contribution in [0.15, 0.2) is 60.0 Å². The number of rotatable bonds is 6. The molecular weight excluding hydrogens is 442 g/mol. The number of piperidine rings is 1. The molecule has 0 bridgehead atoms. The Kier molecular flexibility index (Phi) is 6.09. The van der Waals surface area contributed by atoms with Crippen LogP contribution in [0.3, 0.4) is 0 Å². The van der Waals surface area contributed by atoms with E-state index in [-0.39, 0.29) is 5.91 Å². The second-order valence-corrected chi connectivity index (χ2v) is 9.68. The topological polar surface area (TPSA) is 73.1 Å². The number of ether oxygens (including phenoxy) is 1. The van der Waals surface area contributed by atoms with E-state index in [1.807, 2.05) is 45.9 Å². The first kappa shape index (κ1) is 21.0. The minimum atomic E-state index is 0.126. The fourth-order valence-electron chi connectivity index (χ4n) is 3.95. The third-order valence-corrected chi connectivity index (χ3v) is 7.73. The van der Waals surface area contributed by atoms with E-state index < -0.39 is 0 Å². The molecule has 0 spiro atoms. The number of likely N-dealkylation sites (tertiary alicyclic amines) is 1. The molecule has 164 valence electrons. The zero-order chi connectivity index (χ0) is 21.9. The highest BCUT2D eigenvalue weighted by atomic mass is 32.2. The quantitative estimate of drug-likeness (QED) is 0.394. The number of para-hydroxylation sites is 1. The number of amides is 1. The number of benzene rings is 2. The van der Waals surface area contributed by atoms with E-state index in [0.717, 1.165) is 47.9 Å². The molecule has 1 aliphatic rings.